The van der Waals surface area contributed by atoms with E-state index in [2.05, 4.69) is 10.1 Å². The number of nitrogens with zero attached hydrogens (tertiary/aromatic N) is 2. The number of aromatic carboxylic acids is 1. The van der Waals surface area contributed by atoms with Crippen LogP contribution in [0.5, 0.6) is 0 Å². The topological polar surface area (TPSA) is 85.5 Å². The van der Waals surface area contributed by atoms with Gasteiger partial charge in [-0.1, -0.05) is 0 Å². The Hall–Kier alpha value is -1.43. The van der Waals surface area contributed by atoms with Gasteiger partial charge in [0.15, 0.2) is 0 Å². The van der Waals surface area contributed by atoms with Crippen molar-refractivity contribution in [2.45, 2.75) is 37.4 Å². The monoisotopic (exact) mass is 210 g/mol. The summed E-state index contributed by atoms with van der Waals surface area (Å²) in [5, 5.41) is 12.1. The SMILES string of the molecule is O=C(O)c1noc([C@H]2C[C@@H]3CC[C@H]2O3)n1. The molecule has 2 bridgehead atoms. The van der Waals surface area contributed by atoms with Gasteiger partial charge in [0.2, 0.25) is 5.89 Å². The van der Waals surface area contributed by atoms with E-state index in [1.165, 1.54) is 0 Å². The van der Waals surface area contributed by atoms with Crippen molar-refractivity contribution in [1.82, 2.24) is 10.1 Å². The lowest BCUT2D eigenvalue weighted by Crippen LogP contribution is -2.14. The molecule has 80 valence electrons. The third-order valence-electron chi connectivity index (χ3n) is 3.06. The lowest BCUT2D eigenvalue weighted by atomic mass is 9.89. The summed E-state index contributed by atoms with van der Waals surface area (Å²) in [6.07, 6.45) is 3.38. The first-order valence-corrected chi connectivity index (χ1v) is 4.96. The number of fused-ring (bicyclic) bond motifs is 2. The molecule has 1 aromatic heterocycles. The average molecular weight is 210 g/mol. The molecule has 1 aromatic rings. The first kappa shape index (κ1) is 8.84. The Morgan fingerprint density at radius 3 is 2.87 bits per heavy atom. The normalized spacial score (nSPS) is 33.5. The average Bonchev–Trinajstić information content (AvgIpc) is 2.93. The van der Waals surface area contributed by atoms with Gasteiger partial charge in [0.25, 0.3) is 5.82 Å². The minimum absolute atomic E-state index is 0.0874. The molecule has 3 heterocycles. The smallest absolute Gasteiger partial charge is 0.377 e. The maximum Gasteiger partial charge on any atom is 0.377 e. The van der Waals surface area contributed by atoms with E-state index in [1.54, 1.807) is 0 Å². The van der Waals surface area contributed by atoms with Gasteiger partial charge in [0.1, 0.15) is 0 Å². The zero-order valence-electron chi connectivity index (χ0n) is 7.92. The Labute approximate surface area is 85.2 Å². The van der Waals surface area contributed by atoms with Crippen molar-refractivity contribution in [3.05, 3.63) is 11.7 Å². The summed E-state index contributed by atoms with van der Waals surface area (Å²) in [5.41, 5.74) is 0. The summed E-state index contributed by atoms with van der Waals surface area (Å²) in [7, 11) is 0. The number of ether oxygens (including phenoxy) is 1. The van der Waals surface area contributed by atoms with Crippen LogP contribution in [-0.2, 0) is 4.74 Å². The molecular weight excluding hydrogens is 200 g/mol. The molecule has 0 aromatic carbocycles. The van der Waals surface area contributed by atoms with E-state index in [0.29, 0.717) is 12.0 Å². The van der Waals surface area contributed by atoms with E-state index in [-0.39, 0.29) is 17.8 Å². The Bertz CT molecular complexity index is 403. The molecule has 0 amide bonds. The fraction of sp³-hybridized carbons (Fsp3) is 0.667. The van der Waals surface area contributed by atoms with Crippen LogP contribution in [0.3, 0.4) is 0 Å². The standard InChI is InChI=1S/C9H10N2O4/c12-9(13)7-10-8(15-11-7)5-3-4-1-2-6(5)14-4/h4-6H,1-3H2,(H,12,13)/t4-,5-,6+/m0/s1. The van der Waals surface area contributed by atoms with Crippen molar-refractivity contribution in [2.75, 3.05) is 0 Å². The molecule has 2 fully saturated rings. The van der Waals surface area contributed by atoms with Crippen molar-refractivity contribution in [1.29, 1.82) is 0 Å². The van der Waals surface area contributed by atoms with Crippen molar-refractivity contribution in [3.63, 3.8) is 0 Å². The molecule has 3 atom stereocenters. The van der Waals surface area contributed by atoms with E-state index >= 15 is 0 Å². The van der Waals surface area contributed by atoms with Crippen LogP contribution in [0, 0.1) is 0 Å². The molecule has 6 nitrogen and oxygen atoms in total. The highest BCUT2D eigenvalue weighted by Crippen LogP contribution is 2.43. The van der Waals surface area contributed by atoms with Crippen LogP contribution >= 0.6 is 0 Å². The summed E-state index contributed by atoms with van der Waals surface area (Å²) in [4.78, 5) is 14.4. The first-order chi connectivity index (χ1) is 7.24. The molecule has 0 unspecified atom stereocenters. The second-order valence-electron chi connectivity index (χ2n) is 3.98. The minimum Gasteiger partial charge on any atom is -0.475 e. The minimum atomic E-state index is -1.16. The van der Waals surface area contributed by atoms with Crippen molar-refractivity contribution >= 4 is 5.97 Å². The molecule has 2 saturated heterocycles. The highest BCUT2D eigenvalue weighted by atomic mass is 16.5. The lowest BCUT2D eigenvalue weighted by molar-refractivity contribution is 0.0680. The van der Waals surface area contributed by atoms with Gasteiger partial charge >= 0.3 is 5.97 Å². The molecule has 3 rings (SSSR count). The molecule has 2 aliphatic rings. The van der Waals surface area contributed by atoms with Crippen molar-refractivity contribution in [2.24, 2.45) is 0 Å². The summed E-state index contributed by atoms with van der Waals surface area (Å²) in [5.74, 6) is -0.939. The van der Waals surface area contributed by atoms with Gasteiger partial charge in [-0.15, -0.1) is 0 Å². The van der Waals surface area contributed by atoms with E-state index in [0.717, 1.165) is 19.3 Å². The molecule has 6 heteroatoms. The number of aromatic nitrogens is 2. The van der Waals surface area contributed by atoms with Gasteiger partial charge in [0, 0.05) is 0 Å². The van der Waals surface area contributed by atoms with E-state index in [4.69, 9.17) is 14.4 Å². The van der Waals surface area contributed by atoms with Gasteiger partial charge < -0.3 is 14.4 Å². The van der Waals surface area contributed by atoms with Crippen LogP contribution < -0.4 is 0 Å². The quantitative estimate of drug-likeness (QED) is 0.777. The summed E-state index contributed by atoms with van der Waals surface area (Å²) >= 11 is 0. The zero-order chi connectivity index (χ0) is 10.4. The molecule has 0 radical (unpaired) electrons. The van der Waals surface area contributed by atoms with E-state index in [9.17, 15) is 4.79 Å². The number of carboxylic acid groups (broad SMARTS) is 1. The number of hydrogen-bond donors (Lipinski definition) is 1. The molecule has 0 aliphatic carbocycles. The summed E-state index contributed by atoms with van der Waals surface area (Å²) < 4.78 is 10.6. The number of hydrogen-bond acceptors (Lipinski definition) is 5. The van der Waals surface area contributed by atoms with Crippen LogP contribution in [0.15, 0.2) is 4.52 Å². The zero-order valence-corrected chi connectivity index (χ0v) is 7.92. The number of carbonyl (C=O) groups is 1. The van der Waals surface area contributed by atoms with Gasteiger partial charge in [-0.25, -0.2) is 4.79 Å². The van der Waals surface area contributed by atoms with Crippen molar-refractivity contribution < 1.29 is 19.2 Å². The third-order valence-corrected chi connectivity index (χ3v) is 3.06. The maximum absolute atomic E-state index is 10.6. The number of carboxylic acids is 1. The van der Waals surface area contributed by atoms with Crippen LogP contribution in [-0.4, -0.2) is 33.4 Å². The summed E-state index contributed by atoms with van der Waals surface area (Å²) in [6.45, 7) is 0. The number of rotatable bonds is 2. The Kier molecular flexibility index (Phi) is 1.79. The lowest BCUT2D eigenvalue weighted by Gasteiger charge is -2.13. The Morgan fingerprint density at radius 2 is 2.33 bits per heavy atom. The van der Waals surface area contributed by atoms with Crippen LogP contribution in [0.25, 0.3) is 0 Å². The Morgan fingerprint density at radius 1 is 1.47 bits per heavy atom. The van der Waals surface area contributed by atoms with E-state index in [1.807, 2.05) is 0 Å². The van der Waals surface area contributed by atoms with Gasteiger partial charge in [-0.05, 0) is 24.4 Å². The first-order valence-electron chi connectivity index (χ1n) is 4.96. The second kappa shape index (κ2) is 3.03. The van der Waals surface area contributed by atoms with Crippen LogP contribution in [0.1, 0.15) is 41.7 Å². The third kappa shape index (κ3) is 1.32. The predicted octanol–water partition coefficient (Wildman–Crippen LogP) is 0.803. The Balaban J connectivity index is 1.84. The fourth-order valence-corrected chi connectivity index (χ4v) is 2.37. The largest absolute Gasteiger partial charge is 0.475 e. The molecule has 2 aliphatic heterocycles. The molecule has 0 spiro atoms. The van der Waals surface area contributed by atoms with Gasteiger partial charge in [-0.3, -0.25) is 0 Å². The van der Waals surface area contributed by atoms with Crippen molar-refractivity contribution in [3.8, 4) is 0 Å². The fourth-order valence-electron chi connectivity index (χ4n) is 2.37. The van der Waals surface area contributed by atoms with Crippen LogP contribution in [0.4, 0.5) is 0 Å². The van der Waals surface area contributed by atoms with Gasteiger partial charge in [0.05, 0.1) is 18.1 Å². The second-order valence-corrected chi connectivity index (χ2v) is 3.98. The molecule has 0 saturated carbocycles. The highest BCUT2D eigenvalue weighted by Gasteiger charge is 2.44. The molecule has 15 heavy (non-hydrogen) atoms. The molecular formula is C9H10N2O4. The summed E-state index contributed by atoms with van der Waals surface area (Å²) in [6, 6.07) is 0. The molecule has 1 N–H and O–H groups in total. The predicted molar refractivity (Wildman–Crippen MR) is 46.5 cm³/mol. The highest BCUT2D eigenvalue weighted by molar-refractivity contribution is 5.82. The maximum atomic E-state index is 10.6. The van der Waals surface area contributed by atoms with E-state index < -0.39 is 5.97 Å². The van der Waals surface area contributed by atoms with Crippen LogP contribution in [0.2, 0.25) is 0 Å². The van der Waals surface area contributed by atoms with Gasteiger partial charge in [-0.2, -0.15) is 4.98 Å².